The van der Waals surface area contributed by atoms with Crippen LogP contribution in [0.25, 0.3) is 0 Å². The van der Waals surface area contributed by atoms with E-state index in [0.29, 0.717) is 17.8 Å². The van der Waals surface area contributed by atoms with Gasteiger partial charge in [-0.3, -0.25) is 9.59 Å². The maximum absolute atomic E-state index is 12.0. The molecule has 0 heterocycles. The molecule has 0 unspecified atom stereocenters. The SMILES string of the molecule is CC(C)(C)OC(=O)NCCC(=O)Nc1ccc(CNC(=O)c2ccccc2)cc1. The molecule has 2 aromatic rings. The van der Waals surface area contributed by atoms with E-state index >= 15 is 0 Å². The molecule has 0 spiro atoms. The predicted octanol–water partition coefficient (Wildman–Crippen LogP) is 3.47. The highest BCUT2D eigenvalue weighted by Gasteiger charge is 2.15. The number of carbonyl (C=O) groups excluding carboxylic acids is 3. The van der Waals surface area contributed by atoms with Crippen molar-refractivity contribution >= 4 is 23.6 Å². The van der Waals surface area contributed by atoms with Crippen LogP contribution in [0, 0.1) is 0 Å². The molecular formula is C22H27N3O4. The van der Waals surface area contributed by atoms with Gasteiger partial charge in [-0.1, -0.05) is 30.3 Å². The first kappa shape index (κ1) is 21.9. The van der Waals surface area contributed by atoms with Gasteiger partial charge in [-0.05, 0) is 50.6 Å². The molecule has 3 N–H and O–H groups in total. The van der Waals surface area contributed by atoms with Gasteiger partial charge in [0.2, 0.25) is 5.91 Å². The van der Waals surface area contributed by atoms with Crippen molar-refractivity contribution in [3.63, 3.8) is 0 Å². The van der Waals surface area contributed by atoms with Crippen molar-refractivity contribution in [3.8, 4) is 0 Å². The van der Waals surface area contributed by atoms with Crippen LogP contribution < -0.4 is 16.0 Å². The van der Waals surface area contributed by atoms with Crippen LogP contribution in [-0.4, -0.2) is 30.1 Å². The number of ether oxygens (including phenoxy) is 1. The fraction of sp³-hybridized carbons (Fsp3) is 0.318. The quantitative estimate of drug-likeness (QED) is 0.666. The molecule has 7 heteroatoms. The van der Waals surface area contributed by atoms with E-state index in [1.807, 2.05) is 30.3 Å². The monoisotopic (exact) mass is 397 g/mol. The van der Waals surface area contributed by atoms with Gasteiger partial charge in [-0.25, -0.2) is 4.79 Å². The Bertz CT molecular complexity index is 827. The summed E-state index contributed by atoms with van der Waals surface area (Å²) < 4.78 is 5.11. The summed E-state index contributed by atoms with van der Waals surface area (Å²) in [5.41, 5.74) is 1.59. The Labute approximate surface area is 170 Å². The molecule has 3 amide bonds. The Kier molecular flexibility index (Phi) is 7.77. The Balaban J connectivity index is 1.72. The first-order chi connectivity index (χ1) is 13.7. The standard InChI is InChI=1S/C22H27N3O4/c1-22(2,3)29-21(28)23-14-13-19(26)25-18-11-9-16(10-12-18)15-24-20(27)17-7-5-4-6-8-17/h4-12H,13-15H2,1-3H3,(H,23,28)(H,24,27)(H,25,26). The van der Waals surface area contributed by atoms with Gasteiger partial charge in [0.05, 0.1) is 0 Å². The molecule has 0 saturated heterocycles. The molecule has 0 aliphatic heterocycles. The van der Waals surface area contributed by atoms with E-state index in [4.69, 9.17) is 4.74 Å². The van der Waals surface area contributed by atoms with Crippen molar-refractivity contribution in [2.75, 3.05) is 11.9 Å². The third kappa shape index (κ3) is 8.47. The molecule has 0 aliphatic carbocycles. The molecule has 0 atom stereocenters. The Hall–Kier alpha value is -3.35. The van der Waals surface area contributed by atoms with Crippen LogP contribution in [0.3, 0.4) is 0 Å². The lowest BCUT2D eigenvalue weighted by atomic mass is 10.2. The third-order valence-electron chi connectivity index (χ3n) is 3.75. The second kappa shape index (κ2) is 10.3. The number of nitrogens with one attached hydrogen (secondary N) is 3. The highest BCUT2D eigenvalue weighted by molar-refractivity contribution is 5.94. The summed E-state index contributed by atoms with van der Waals surface area (Å²) in [6, 6.07) is 16.2. The van der Waals surface area contributed by atoms with Crippen LogP contribution in [0.1, 0.15) is 43.1 Å². The Morgan fingerprint density at radius 3 is 2.17 bits per heavy atom. The van der Waals surface area contributed by atoms with E-state index in [1.165, 1.54) is 0 Å². The summed E-state index contributed by atoms with van der Waals surface area (Å²) in [6.07, 6.45) is -0.416. The zero-order chi connectivity index (χ0) is 21.3. The Morgan fingerprint density at radius 1 is 0.897 bits per heavy atom. The van der Waals surface area contributed by atoms with E-state index in [2.05, 4.69) is 16.0 Å². The number of hydrogen-bond acceptors (Lipinski definition) is 4. The molecule has 0 saturated carbocycles. The zero-order valence-corrected chi connectivity index (χ0v) is 17.0. The van der Waals surface area contributed by atoms with Gasteiger partial charge < -0.3 is 20.7 Å². The molecule has 7 nitrogen and oxygen atoms in total. The van der Waals surface area contributed by atoms with Crippen LogP contribution in [0.5, 0.6) is 0 Å². The van der Waals surface area contributed by atoms with Crippen molar-refractivity contribution in [2.45, 2.75) is 39.3 Å². The van der Waals surface area contributed by atoms with Gasteiger partial charge in [0.1, 0.15) is 5.60 Å². The predicted molar refractivity (Wildman–Crippen MR) is 112 cm³/mol. The maximum Gasteiger partial charge on any atom is 0.407 e. The zero-order valence-electron chi connectivity index (χ0n) is 17.0. The number of amides is 3. The summed E-state index contributed by atoms with van der Waals surface area (Å²) in [4.78, 5) is 35.6. The maximum atomic E-state index is 12.0. The van der Waals surface area contributed by atoms with Gasteiger partial charge in [0.15, 0.2) is 0 Å². The van der Waals surface area contributed by atoms with Gasteiger partial charge in [0, 0.05) is 30.8 Å². The van der Waals surface area contributed by atoms with Crippen LogP contribution >= 0.6 is 0 Å². The average molecular weight is 397 g/mol. The molecule has 0 radical (unpaired) electrons. The van der Waals surface area contributed by atoms with Crippen LogP contribution in [0.2, 0.25) is 0 Å². The molecule has 154 valence electrons. The molecule has 0 aromatic heterocycles. The summed E-state index contributed by atoms with van der Waals surface area (Å²) in [7, 11) is 0. The van der Waals surface area contributed by atoms with Crippen molar-refractivity contribution in [2.24, 2.45) is 0 Å². The van der Waals surface area contributed by atoms with Gasteiger partial charge in [0.25, 0.3) is 5.91 Å². The summed E-state index contributed by atoms with van der Waals surface area (Å²) in [5.74, 6) is -0.355. The summed E-state index contributed by atoms with van der Waals surface area (Å²) in [6.45, 7) is 5.90. The lowest BCUT2D eigenvalue weighted by molar-refractivity contribution is -0.116. The highest BCUT2D eigenvalue weighted by Crippen LogP contribution is 2.10. The van der Waals surface area contributed by atoms with Gasteiger partial charge >= 0.3 is 6.09 Å². The van der Waals surface area contributed by atoms with Crippen LogP contribution in [0.4, 0.5) is 10.5 Å². The summed E-state index contributed by atoms with van der Waals surface area (Å²) >= 11 is 0. The lowest BCUT2D eigenvalue weighted by Crippen LogP contribution is -2.34. The first-order valence-corrected chi connectivity index (χ1v) is 9.42. The minimum Gasteiger partial charge on any atom is -0.444 e. The number of rotatable bonds is 7. The smallest absolute Gasteiger partial charge is 0.407 e. The van der Waals surface area contributed by atoms with E-state index in [9.17, 15) is 14.4 Å². The van der Waals surface area contributed by atoms with Gasteiger partial charge in [-0.2, -0.15) is 0 Å². The van der Waals surface area contributed by atoms with E-state index < -0.39 is 11.7 Å². The van der Waals surface area contributed by atoms with E-state index in [0.717, 1.165) is 5.56 Å². The van der Waals surface area contributed by atoms with Crippen LogP contribution in [0.15, 0.2) is 54.6 Å². The first-order valence-electron chi connectivity index (χ1n) is 9.42. The molecule has 0 bridgehead atoms. The lowest BCUT2D eigenvalue weighted by Gasteiger charge is -2.19. The van der Waals surface area contributed by atoms with Crippen molar-refractivity contribution in [1.29, 1.82) is 0 Å². The summed E-state index contributed by atoms with van der Waals surface area (Å²) in [5, 5.41) is 8.16. The molecule has 2 rings (SSSR count). The second-order valence-corrected chi connectivity index (χ2v) is 7.47. The Morgan fingerprint density at radius 2 is 1.55 bits per heavy atom. The van der Waals surface area contributed by atoms with Crippen LogP contribution in [-0.2, 0) is 16.1 Å². The van der Waals surface area contributed by atoms with Crippen molar-refractivity contribution in [1.82, 2.24) is 10.6 Å². The minimum atomic E-state index is -0.575. The number of anilines is 1. The molecule has 29 heavy (non-hydrogen) atoms. The largest absolute Gasteiger partial charge is 0.444 e. The topological polar surface area (TPSA) is 96.5 Å². The third-order valence-corrected chi connectivity index (χ3v) is 3.75. The fourth-order valence-corrected chi connectivity index (χ4v) is 2.40. The number of carbonyl (C=O) groups is 3. The molecular weight excluding hydrogens is 370 g/mol. The number of hydrogen-bond donors (Lipinski definition) is 3. The second-order valence-electron chi connectivity index (χ2n) is 7.47. The molecule has 0 aliphatic rings. The number of alkyl carbamates (subject to hydrolysis) is 1. The fourth-order valence-electron chi connectivity index (χ4n) is 2.40. The number of benzene rings is 2. The van der Waals surface area contributed by atoms with E-state index in [1.54, 1.807) is 45.0 Å². The average Bonchev–Trinajstić information content (AvgIpc) is 2.66. The van der Waals surface area contributed by atoms with E-state index in [-0.39, 0.29) is 24.8 Å². The van der Waals surface area contributed by atoms with Crippen molar-refractivity contribution < 1.29 is 19.1 Å². The van der Waals surface area contributed by atoms with Crippen molar-refractivity contribution in [3.05, 3.63) is 65.7 Å². The van der Waals surface area contributed by atoms with Gasteiger partial charge in [-0.15, -0.1) is 0 Å². The normalized spacial score (nSPS) is 10.7. The molecule has 0 fully saturated rings. The minimum absolute atomic E-state index is 0.133. The highest BCUT2D eigenvalue weighted by atomic mass is 16.6. The molecule has 2 aromatic carbocycles.